The van der Waals surface area contributed by atoms with E-state index in [0.717, 1.165) is 6.08 Å². The molecule has 0 aliphatic carbocycles. The first-order valence-electron chi connectivity index (χ1n) is 5.13. The van der Waals surface area contributed by atoms with Crippen molar-refractivity contribution >= 4 is 18.0 Å². The van der Waals surface area contributed by atoms with Crippen molar-refractivity contribution in [2.75, 3.05) is 0 Å². The zero-order valence-electron chi connectivity index (χ0n) is 9.62. The molecule has 0 unspecified atom stereocenters. The van der Waals surface area contributed by atoms with Gasteiger partial charge in [-0.25, -0.2) is 0 Å². The van der Waals surface area contributed by atoms with E-state index < -0.39 is 17.9 Å². The molecular formula is C12H13NO5. The molecule has 0 bridgehead atoms. The number of phenols is 2. The van der Waals surface area contributed by atoms with Crippen LogP contribution in [0.5, 0.6) is 11.5 Å². The van der Waals surface area contributed by atoms with Gasteiger partial charge in [0.05, 0.1) is 0 Å². The van der Waals surface area contributed by atoms with Crippen LogP contribution < -0.4 is 5.32 Å². The summed E-state index contributed by atoms with van der Waals surface area (Å²) in [5.74, 6) is -2.23. The quantitative estimate of drug-likeness (QED) is 0.465. The standard InChI is InChI=1S/C12H13NO5/c1-7(12(17)18)13-11(16)5-3-8-2-4-9(14)10(15)6-8/h2-7,14-15H,1H3,(H,13,16)(H,17,18)/b5-3+/t7-/m0/s1. The van der Waals surface area contributed by atoms with Gasteiger partial charge in [0.15, 0.2) is 11.5 Å². The van der Waals surface area contributed by atoms with Crippen molar-refractivity contribution in [2.45, 2.75) is 13.0 Å². The minimum Gasteiger partial charge on any atom is -0.504 e. The van der Waals surface area contributed by atoms with E-state index >= 15 is 0 Å². The van der Waals surface area contributed by atoms with Crippen LogP contribution in [0.3, 0.4) is 0 Å². The van der Waals surface area contributed by atoms with Crippen molar-refractivity contribution in [1.29, 1.82) is 0 Å². The monoisotopic (exact) mass is 251 g/mol. The van der Waals surface area contributed by atoms with Gasteiger partial charge in [-0.05, 0) is 30.7 Å². The van der Waals surface area contributed by atoms with Crippen LogP contribution in [0, 0.1) is 0 Å². The largest absolute Gasteiger partial charge is 0.504 e. The molecule has 0 saturated heterocycles. The summed E-state index contributed by atoms with van der Waals surface area (Å²) in [7, 11) is 0. The van der Waals surface area contributed by atoms with Crippen LogP contribution in [0.2, 0.25) is 0 Å². The Morgan fingerprint density at radius 2 is 1.94 bits per heavy atom. The van der Waals surface area contributed by atoms with Crippen LogP contribution in [-0.2, 0) is 9.59 Å². The Morgan fingerprint density at radius 1 is 1.28 bits per heavy atom. The number of rotatable bonds is 4. The van der Waals surface area contributed by atoms with E-state index in [1.165, 1.54) is 31.2 Å². The first-order valence-corrected chi connectivity index (χ1v) is 5.13. The number of benzene rings is 1. The molecule has 1 atom stereocenters. The van der Waals surface area contributed by atoms with Crippen molar-refractivity contribution in [3.05, 3.63) is 29.8 Å². The van der Waals surface area contributed by atoms with E-state index in [9.17, 15) is 14.7 Å². The third kappa shape index (κ3) is 3.82. The molecule has 4 N–H and O–H groups in total. The lowest BCUT2D eigenvalue weighted by Gasteiger charge is -2.06. The lowest BCUT2D eigenvalue weighted by atomic mass is 10.2. The van der Waals surface area contributed by atoms with Gasteiger partial charge in [0.2, 0.25) is 5.91 Å². The number of hydrogen-bond donors (Lipinski definition) is 4. The molecule has 0 spiro atoms. The van der Waals surface area contributed by atoms with E-state index in [1.807, 2.05) is 0 Å². The van der Waals surface area contributed by atoms with Crippen molar-refractivity contribution in [3.8, 4) is 11.5 Å². The number of carbonyl (C=O) groups excluding carboxylic acids is 1. The fraction of sp³-hybridized carbons (Fsp3) is 0.167. The number of aliphatic carboxylic acids is 1. The highest BCUT2D eigenvalue weighted by Crippen LogP contribution is 2.25. The van der Waals surface area contributed by atoms with Crippen molar-refractivity contribution in [2.24, 2.45) is 0 Å². The lowest BCUT2D eigenvalue weighted by molar-refractivity contribution is -0.140. The fourth-order valence-corrected chi connectivity index (χ4v) is 1.14. The highest BCUT2D eigenvalue weighted by Gasteiger charge is 2.11. The fourth-order valence-electron chi connectivity index (χ4n) is 1.14. The molecule has 0 fully saturated rings. The number of phenolic OH excluding ortho intramolecular Hbond substituents is 2. The maximum atomic E-state index is 11.3. The molecule has 6 nitrogen and oxygen atoms in total. The van der Waals surface area contributed by atoms with E-state index in [-0.39, 0.29) is 11.5 Å². The van der Waals surface area contributed by atoms with Crippen molar-refractivity contribution in [3.63, 3.8) is 0 Å². The summed E-state index contributed by atoms with van der Waals surface area (Å²) in [6.45, 7) is 1.35. The van der Waals surface area contributed by atoms with Gasteiger partial charge in [0.1, 0.15) is 6.04 Å². The molecule has 6 heteroatoms. The smallest absolute Gasteiger partial charge is 0.325 e. The Hall–Kier alpha value is -2.50. The van der Waals surface area contributed by atoms with Crippen LogP contribution in [-0.4, -0.2) is 33.2 Å². The molecule has 1 rings (SSSR count). The second kappa shape index (κ2) is 5.72. The van der Waals surface area contributed by atoms with Crippen LogP contribution >= 0.6 is 0 Å². The number of nitrogens with one attached hydrogen (secondary N) is 1. The molecular weight excluding hydrogens is 238 g/mol. The summed E-state index contributed by atoms with van der Waals surface area (Å²) in [6, 6.07) is 3.08. The molecule has 0 radical (unpaired) electrons. The third-order valence-electron chi connectivity index (χ3n) is 2.16. The van der Waals surface area contributed by atoms with Crippen LogP contribution in [0.15, 0.2) is 24.3 Å². The Morgan fingerprint density at radius 3 is 2.50 bits per heavy atom. The van der Waals surface area contributed by atoms with Gasteiger partial charge in [-0.2, -0.15) is 0 Å². The summed E-state index contributed by atoms with van der Waals surface area (Å²) in [5, 5.41) is 29.1. The molecule has 18 heavy (non-hydrogen) atoms. The maximum absolute atomic E-state index is 11.3. The number of carboxylic acid groups (broad SMARTS) is 1. The van der Waals surface area contributed by atoms with Gasteiger partial charge in [-0.3, -0.25) is 9.59 Å². The molecule has 0 aromatic heterocycles. The van der Waals surface area contributed by atoms with Crippen LogP contribution in [0.25, 0.3) is 6.08 Å². The van der Waals surface area contributed by atoms with Crippen molar-refractivity contribution < 1.29 is 24.9 Å². The number of carbonyl (C=O) groups is 2. The molecule has 1 aromatic rings. The molecule has 0 aliphatic rings. The predicted molar refractivity (Wildman–Crippen MR) is 64.0 cm³/mol. The van der Waals surface area contributed by atoms with Crippen LogP contribution in [0.1, 0.15) is 12.5 Å². The predicted octanol–water partition coefficient (Wildman–Crippen LogP) is 0.700. The van der Waals surface area contributed by atoms with E-state index in [2.05, 4.69) is 5.32 Å². The minimum atomic E-state index is -1.13. The molecule has 1 aromatic carbocycles. The summed E-state index contributed by atoms with van der Waals surface area (Å²) < 4.78 is 0. The second-order valence-corrected chi connectivity index (χ2v) is 3.65. The maximum Gasteiger partial charge on any atom is 0.325 e. The van der Waals surface area contributed by atoms with E-state index in [0.29, 0.717) is 5.56 Å². The Bertz CT molecular complexity index is 495. The normalized spacial score (nSPS) is 12.3. The number of amides is 1. The average molecular weight is 251 g/mol. The first-order chi connectivity index (χ1) is 8.40. The van der Waals surface area contributed by atoms with Gasteiger partial charge in [-0.15, -0.1) is 0 Å². The molecule has 0 saturated carbocycles. The molecule has 1 amide bonds. The molecule has 0 aliphatic heterocycles. The Labute approximate surface area is 103 Å². The summed E-state index contributed by atoms with van der Waals surface area (Å²) >= 11 is 0. The topological polar surface area (TPSA) is 107 Å². The zero-order chi connectivity index (χ0) is 13.7. The highest BCUT2D eigenvalue weighted by atomic mass is 16.4. The van der Waals surface area contributed by atoms with E-state index in [4.69, 9.17) is 10.2 Å². The number of hydrogen-bond acceptors (Lipinski definition) is 4. The molecule has 0 heterocycles. The highest BCUT2D eigenvalue weighted by molar-refractivity contribution is 5.94. The SMILES string of the molecule is C[C@H](NC(=O)/C=C/c1ccc(O)c(O)c1)C(=O)O. The summed E-state index contributed by atoms with van der Waals surface area (Å²) in [5.41, 5.74) is 0.503. The zero-order valence-corrected chi connectivity index (χ0v) is 9.62. The van der Waals surface area contributed by atoms with Gasteiger partial charge in [0.25, 0.3) is 0 Å². The van der Waals surface area contributed by atoms with Crippen LogP contribution in [0.4, 0.5) is 0 Å². The summed E-state index contributed by atoms with van der Waals surface area (Å²) in [6.07, 6.45) is 2.54. The first kappa shape index (κ1) is 13.6. The lowest BCUT2D eigenvalue weighted by Crippen LogP contribution is -2.37. The molecule has 96 valence electrons. The van der Waals surface area contributed by atoms with Gasteiger partial charge >= 0.3 is 5.97 Å². The average Bonchev–Trinajstić information content (AvgIpc) is 2.30. The third-order valence-corrected chi connectivity index (χ3v) is 2.16. The van der Waals surface area contributed by atoms with E-state index in [1.54, 1.807) is 0 Å². The number of carboxylic acids is 1. The van der Waals surface area contributed by atoms with Gasteiger partial charge in [-0.1, -0.05) is 6.07 Å². The van der Waals surface area contributed by atoms with Gasteiger partial charge < -0.3 is 20.6 Å². The number of aromatic hydroxyl groups is 2. The Balaban J connectivity index is 2.66. The summed E-state index contributed by atoms with van der Waals surface area (Å²) in [4.78, 5) is 21.8. The van der Waals surface area contributed by atoms with Crippen molar-refractivity contribution in [1.82, 2.24) is 5.32 Å². The minimum absolute atomic E-state index is 0.254. The second-order valence-electron chi connectivity index (χ2n) is 3.65. The Kier molecular flexibility index (Phi) is 4.31. The van der Waals surface area contributed by atoms with Gasteiger partial charge in [0, 0.05) is 6.08 Å².